The monoisotopic (exact) mass is 255 g/mol. The molecule has 2 nitrogen and oxygen atoms in total. The molecular weight excluding hydrogens is 241 g/mol. The van der Waals surface area contributed by atoms with Crippen LogP contribution in [0.1, 0.15) is 6.92 Å². The lowest BCUT2D eigenvalue weighted by molar-refractivity contribution is -0.0156. The van der Waals surface area contributed by atoms with Crippen LogP contribution in [0.15, 0.2) is 0 Å². The van der Waals surface area contributed by atoms with Gasteiger partial charge in [-0.05, 0) is 6.92 Å². The Hall–Kier alpha value is 0.650. The molecule has 1 aliphatic rings. The minimum atomic E-state index is 0.441. The van der Waals surface area contributed by atoms with E-state index in [0.29, 0.717) is 6.10 Å². The first kappa shape index (κ1) is 8.74. The van der Waals surface area contributed by atoms with Gasteiger partial charge in [0.15, 0.2) is 0 Å². The number of hydrogen-bond acceptors (Lipinski definition) is 2. The average molecular weight is 255 g/mol. The molecule has 0 N–H and O–H groups in total. The zero-order valence-electron chi connectivity index (χ0n) is 6.35. The van der Waals surface area contributed by atoms with Crippen LogP contribution >= 0.6 is 22.6 Å². The Kier molecular flexibility index (Phi) is 3.95. The molecule has 1 aliphatic heterocycles. The SMILES string of the molecule is C[C@H]1CN(CCI)CCO1. The molecule has 1 saturated heterocycles. The van der Waals surface area contributed by atoms with Gasteiger partial charge in [0.25, 0.3) is 0 Å². The first-order valence-electron chi connectivity index (χ1n) is 3.73. The maximum atomic E-state index is 5.41. The van der Waals surface area contributed by atoms with Gasteiger partial charge < -0.3 is 4.74 Å². The quantitative estimate of drug-likeness (QED) is 0.542. The van der Waals surface area contributed by atoms with E-state index in [4.69, 9.17) is 4.74 Å². The smallest absolute Gasteiger partial charge is 0.0674 e. The normalized spacial score (nSPS) is 28.8. The number of nitrogens with zero attached hydrogens (tertiary/aromatic N) is 1. The highest BCUT2D eigenvalue weighted by Crippen LogP contribution is 2.03. The van der Waals surface area contributed by atoms with Crippen molar-refractivity contribution in [2.24, 2.45) is 0 Å². The molecule has 1 atom stereocenters. The molecule has 0 amide bonds. The zero-order chi connectivity index (χ0) is 7.40. The summed E-state index contributed by atoms with van der Waals surface area (Å²) in [5.41, 5.74) is 0. The molecule has 0 unspecified atom stereocenters. The molecule has 1 heterocycles. The highest BCUT2D eigenvalue weighted by molar-refractivity contribution is 14.1. The number of hydrogen-bond donors (Lipinski definition) is 0. The predicted molar refractivity (Wildman–Crippen MR) is 50.7 cm³/mol. The minimum absolute atomic E-state index is 0.441. The van der Waals surface area contributed by atoms with Gasteiger partial charge in [0.1, 0.15) is 0 Å². The van der Waals surface area contributed by atoms with Gasteiger partial charge in [-0.1, -0.05) is 22.6 Å². The molecule has 0 aliphatic carbocycles. The Bertz CT molecular complexity index is 97.6. The summed E-state index contributed by atoms with van der Waals surface area (Å²) in [7, 11) is 0. The van der Waals surface area contributed by atoms with Crippen molar-refractivity contribution in [3.63, 3.8) is 0 Å². The molecule has 1 fully saturated rings. The minimum Gasteiger partial charge on any atom is -0.376 e. The first-order valence-corrected chi connectivity index (χ1v) is 5.25. The van der Waals surface area contributed by atoms with Crippen molar-refractivity contribution in [3.8, 4) is 0 Å². The molecule has 0 bridgehead atoms. The van der Waals surface area contributed by atoms with Crippen LogP contribution in [0, 0.1) is 0 Å². The van der Waals surface area contributed by atoms with Crippen molar-refractivity contribution >= 4 is 22.6 Å². The third-order valence-electron chi connectivity index (χ3n) is 1.73. The van der Waals surface area contributed by atoms with Crippen molar-refractivity contribution in [2.45, 2.75) is 13.0 Å². The fourth-order valence-corrected chi connectivity index (χ4v) is 1.90. The zero-order valence-corrected chi connectivity index (χ0v) is 8.50. The highest BCUT2D eigenvalue weighted by atomic mass is 127. The van der Waals surface area contributed by atoms with Gasteiger partial charge in [-0.2, -0.15) is 0 Å². The van der Waals surface area contributed by atoms with Gasteiger partial charge in [-0.25, -0.2) is 0 Å². The maximum absolute atomic E-state index is 5.41. The Morgan fingerprint density at radius 3 is 3.10 bits per heavy atom. The summed E-state index contributed by atoms with van der Waals surface area (Å²) >= 11 is 2.41. The fraction of sp³-hybridized carbons (Fsp3) is 1.00. The third kappa shape index (κ3) is 2.72. The molecule has 0 aromatic rings. The van der Waals surface area contributed by atoms with Crippen LogP contribution in [-0.2, 0) is 4.74 Å². The Morgan fingerprint density at radius 1 is 1.70 bits per heavy atom. The molecule has 0 aromatic heterocycles. The van der Waals surface area contributed by atoms with Crippen LogP contribution in [0.25, 0.3) is 0 Å². The Balaban J connectivity index is 2.18. The standard InChI is InChI=1S/C7H14INO/c1-7-6-9(3-2-8)4-5-10-7/h7H,2-6H2,1H3/t7-/m0/s1. The van der Waals surface area contributed by atoms with Crippen molar-refractivity contribution in [2.75, 3.05) is 30.7 Å². The summed E-state index contributed by atoms with van der Waals surface area (Å²) in [6, 6.07) is 0. The van der Waals surface area contributed by atoms with Crippen molar-refractivity contribution < 1.29 is 4.74 Å². The van der Waals surface area contributed by atoms with Crippen molar-refractivity contribution in [3.05, 3.63) is 0 Å². The van der Waals surface area contributed by atoms with Crippen LogP contribution in [0.3, 0.4) is 0 Å². The van der Waals surface area contributed by atoms with Crippen molar-refractivity contribution in [1.82, 2.24) is 4.90 Å². The van der Waals surface area contributed by atoms with E-state index in [1.54, 1.807) is 0 Å². The Labute approximate surface area is 76.1 Å². The number of morpholine rings is 1. The largest absolute Gasteiger partial charge is 0.376 e. The number of ether oxygens (including phenoxy) is 1. The summed E-state index contributed by atoms with van der Waals surface area (Å²) in [5.74, 6) is 0. The number of alkyl halides is 1. The van der Waals surface area contributed by atoms with Crippen molar-refractivity contribution in [1.29, 1.82) is 0 Å². The van der Waals surface area contributed by atoms with Gasteiger partial charge in [0.05, 0.1) is 12.7 Å². The molecule has 0 aromatic carbocycles. The van der Waals surface area contributed by atoms with Gasteiger partial charge >= 0.3 is 0 Å². The lowest BCUT2D eigenvalue weighted by Crippen LogP contribution is -2.41. The lowest BCUT2D eigenvalue weighted by atomic mass is 10.3. The first-order chi connectivity index (χ1) is 4.83. The van der Waals surface area contributed by atoms with Gasteiger partial charge in [0, 0.05) is 24.1 Å². The van der Waals surface area contributed by atoms with Crippen LogP contribution in [0.4, 0.5) is 0 Å². The molecule has 3 heteroatoms. The van der Waals surface area contributed by atoms with E-state index in [0.717, 1.165) is 19.7 Å². The summed E-state index contributed by atoms with van der Waals surface area (Å²) in [6.07, 6.45) is 0.441. The van der Waals surface area contributed by atoms with E-state index in [9.17, 15) is 0 Å². The summed E-state index contributed by atoms with van der Waals surface area (Å²) < 4.78 is 6.64. The van der Waals surface area contributed by atoms with E-state index in [1.165, 1.54) is 11.0 Å². The molecule has 10 heavy (non-hydrogen) atoms. The second-order valence-electron chi connectivity index (χ2n) is 2.67. The number of rotatable bonds is 2. The Morgan fingerprint density at radius 2 is 2.50 bits per heavy atom. The third-order valence-corrected chi connectivity index (χ3v) is 2.21. The lowest BCUT2D eigenvalue weighted by Gasteiger charge is -2.30. The summed E-state index contributed by atoms with van der Waals surface area (Å²) in [4.78, 5) is 2.46. The molecule has 60 valence electrons. The van der Waals surface area contributed by atoms with Gasteiger partial charge in [0.2, 0.25) is 0 Å². The van der Waals surface area contributed by atoms with Crippen LogP contribution in [0.5, 0.6) is 0 Å². The van der Waals surface area contributed by atoms with Gasteiger partial charge in [-0.3, -0.25) is 4.90 Å². The molecule has 0 spiro atoms. The van der Waals surface area contributed by atoms with Crippen LogP contribution < -0.4 is 0 Å². The fourth-order valence-electron chi connectivity index (χ4n) is 1.21. The second-order valence-corrected chi connectivity index (χ2v) is 3.75. The highest BCUT2D eigenvalue weighted by Gasteiger charge is 2.14. The van der Waals surface area contributed by atoms with E-state index in [2.05, 4.69) is 34.4 Å². The molecule has 1 rings (SSSR count). The average Bonchev–Trinajstić information content (AvgIpc) is 1.88. The van der Waals surface area contributed by atoms with Crippen LogP contribution in [-0.4, -0.2) is 41.7 Å². The molecule has 0 saturated carbocycles. The second kappa shape index (κ2) is 4.51. The van der Waals surface area contributed by atoms with Crippen LogP contribution in [0.2, 0.25) is 0 Å². The maximum Gasteiger partial charge on any atom is 0.0674 e. The van der Waals surface area contributed by atoms with E-state index in [1.807, 2.05) is 0 Å². The topological polar surface area (TPSA) is 12.5 Å². The van der Waals surface area contributed by atoms with E-state index in [-0.39, 0.29) is 0 Å². The predicted octanol–water partition coefficient (Wildman–Crippen LogP) is 1.14. The number of halogens is 1. The van der Waals surface area contributed by atoms with E-state index < -0.39 is 0 Å². The molecular formula is C7H14INO. The summed E-state index contributed by atoms with van der Waals surface area (Å²) in [5, 5.41) is 0. The van der Waals surface area contributed by atoms with Gasteiger partial charge in [-0.15, -0.1) is 0 Å². The van der Waals surface area contributed by atoms with E-state index >= 15 is 0 Å². The molecule has 0 radical (unpaired) electrons. The summed E-state index contributed by atoms with van der Waals surface area (Å²) in [6.45, 7) is 6.50.